The van der Waals surface area contributed by atoms with Crippen LogP contribution >= 0.6 is 0 Å². The summed E-state index contributed by atoms with van der Waals surface area (Å²) in [4.78, 5) is 18.4. The first kappa shape index (κ1) is 13.5. The minimum absolute atomic E-state index is 0.0125. The Kier molecular flexibility index (Phi) is 3.06. The molecule has 7 heteroatoms. The van der Waals surface area contributed by atoms with Gasteiger partial charge in [0.1, 0.15) is 6.26 Å². The largest absolute Gasteiger partial charge is 0.455 e. The summed E-state index contributed by atoms with van der Waals surface area (Å²) in [6.45, 7) is 1.07. The number of aromatic nitrogens is 1. The van der Waals surface area contributed by atoms with Crippen molar-refractivity contribution in [3.05, 3.63) is 41.8 Å². The van der Waals surface area contributed by atoms with Gasteiger partial charge in [-0.3, -0.25) is 4.79 Å². The second-order valence-electron chi connectivity index (χ2n) is 5.93. The molecule has 1 amide bonds. The summed E-state index contributed by atoms with van der Waals surface area (Å²) < 4.78 is 5.35. The third-order valence-corrected chi connectivity index (χ3v) is 4.52. The SMILES string of the molecule is O=C1c2cccc(-c3ncco3)c2CN1CC1CC1B(O)O. The molecule has 2 atom stereocenters. The van der Waals surface area contributed by atoms with Gasteiger partial charge in [0.2, 0.25) is 5.89 Å². The Hall–Kier alpha value is -2.12. The Balaban J connectivity index is 1.58. The average molecular weight is 298 g/mol. The summed E-state index contributed by atoms with van der Waals surface area (Å²) in [5.41, 5.74) is 2.45. The van der Waals surface area contributed by atoms with Crippen molar-refractivity contribution in [3.63, 3.8) is 0 Å². The van der Waals surface area contributed by atoms with E-state index in [0.717, 1.165) is 17.5 Å². The van der Waals surface area contributed by atoms with Crippen LogP contribution in [0.2, 0.25) is 5.82 Å². The average Bonchev–Trinajstić information content (AvgIpc) is 2.93. The first-order valence-electron chi connectivity index (χ1n) is 7.32. The summed E-state index contributed by atoms with van der Waals surface area (Å²) in [6, 6.07) is 5.55. The Morgan fingerprint density at radius 2 is 2.18 bits per heavy atom. The van der Waals surface area contributed by atoms with Crippen molar-refractivity contribution < 1.29 is 19.3 Å². The van der Waals surface area contributed by atoms with Gasteiger partial charge >= 0.3 is 7.12 Å². The van der Waals surface area contributed by atoms with Crippen LogP contribution in [0.1, 0.15) is 22.3 Å². The van der Waals surface area contributed by atoms with Gasteiger partial charge in [0.05, 0.1) is 6.20 Å². The molecule has 2 aliphatic rings. The topological polar surface area (TPSA) is 86.8 Å². The molecule has 1 aromatic carbocycles. The summed E-state index contributed by atoms with van der Waals surface area (Å²) in [5, 5.41) is 18.4. The predicted octanol–water partition coefficient (Wildman–Crippen LogP) is 1.16. The van der Waals surface area contributed by atoms with Gasteiger partial charge in [-0.2, -0.15) is 0 Å². The number of amides is 1. The maximum atomic E-state index is 12.5. The number of benzene rings is 1. The normalized spacial score (nSPS) is 22.8. The maximum Gasteiger partial charge on any atom is 0.455 e. The van der Waals surface area contributed by atoms with Crippen molar-refractivity contribution in [2.45, 2.75) is 18.8 Å². The highest BCUT2D eigenvalue weighted by atomic mass is 16.4. The third kappa shape index (κ3) is 2.13. The molecular weight excluding hydrogens is 283 g/mol. The number of hydrogen-bond donors (Lipinski definition) is 2. The molecule has 1 aliphatic carbocycles. The molecule has 2 N–H and O–H groups in total. The van der Waals surface area contributed by atoms with E-state index in [4.69, 9.17) is 4.42 Å². The van der Waals surface area contributed by atoms with Gasteiger partial charge in [0, 0.05) is 24.2 Å². The van der Waals surface area contributed by atoms with Crippen molar-refractivity contribution in [1.29, 1.82) is 0 Å². The number of nitrogens with zero attached hydrogens (tertiary/aromatic N) is 2. The molecular formula is C15H15BN2O4. The second-order valence-corrected chi connectivity index (χ2v) is 5.93. The van der Waals surface area contributed by atoms with Gasteiger partial charge in [0.15, 0.2) is 0 Å². The van der Waals surface area contributed by atoms with E-state index in [1.807, 2.05) is 18.2 Å². The fraction of sp³-hybridized carbons (Fsp3) is 0.333. The second kappa shape index (κ2) is 4.96. The van der Waals surface area contributed by atoms with Crippen molar-refractivity contribution in [1.82, 2.24) is 9.88 Å². The summed E-state index contributed by atoms with van der Waals surface area (Å²) >= 11 is 0. The number of carbonyl (C=O) groups is 1. The Morgan fingerprint density at radius 1 is 1.36 bits per heavy atom. The molecule has 112 valence electrons. The summed E-state index contributed by atoms with van der Waals surface area (Å²) in [6.07, 6.45) is 3.85. The lowest BCUT2D eigenvalue weighted by molar-refractivity contribution is 0.0770. The van der Waals surface area contributed by atoms with E-state index in [0.29, 0.717) is 24.5 Å². The van der Waals surface area contributed by atoms with Crippen LogP contribution in [0.25, 0.3) is 11.5 Å². The molecule has 1 aromatic heterocycles. The lowest BCUT2D eigenvalue weighted by Gasteiger charge is -2.15. The van der Waals surface area contributed by atoms with Crippen molar-refractivity contribution >= 4 is 13.0 Å². The number of carbonyl (C=O) groups excluding carboxylic acids is 1. The molecule has 2 aromatic rings. The van der Waals surface area contributed by atoms with Gasteiger partial charge < -0.3 is 19.4 Å². The van der Waals surface area contributed by atoms with E-state index in [1.165, 1.54) is 6.26 Å². The molecule has 1 aliphatic heterocycles. The Morgan fingerprint density at radius 3 is 2.86 bits per heavy atom. The lowest BCUT2D eigenvalue weighted by Crippen LogP contribution is -2.27. The van der Waals surface area contributed by atoms with Crippen LogP contribution in [-0.4, -0.2) is 39.5 Å². The number of hydrogen-bond acceptors (Lipinski definition) is 5. The molecule has 0 saturated heterocycles. The third-order valence-electron chi connectivity index (χ3n) is 4.52. The van der Waals surface area contributed by atoms with Gasteiger partial charge in [-0.05, 0) is 35.9 Å². The van der Waals surface area contributed by atoms with Gasteiger partial charge in [-0.15, -0.1) is 0 Å². The maximum absolute atomic E-state index is 12.5. The highest BCUT2D eigenvalue weighted by Gasteiger charge is 2.47. The molecule has 1 saturated carbocycles. The molecule has 6 nitrogen and oxygen atoms in total. The molecule has 1 fully saturated rings. The van der Waals surface area contributed by atoms with Crippen LogP contribution in [-0.2, 0) is 6.54 Å². The van der Waals surface area contributed by atoms with Crippen LogP contribution in [0.3, 0.4) is 0 Å². The molecule has 0 radical (unpaired) electrons. The number of fused-ring (bicyclic) bond motifs is 1. The monoisotopic (exact) mass is 298 g/mol. The zero-order valence-corrected chi connectivity index (χ0v) is 11.8. The summed E-state index contributed by atoms with van der Waals surface area (Å²) in [5.74, 6) is 0.564. The minimum Gasteiger partial charge on any atom is -0.445 e. The van der Waals surface area contributed by atoms with E-state index in [2.05, 4.69) is 4.98 Å². The molecule has 22 heavy (non-hydrogen) atoms. The Labute approximate surface area is 127 Å². The quantitative estimate of drug-likeness (QED) is 0.827. The van der Waals surface area contributed by atoms with E-state index in [-0.39, 0.29) is 17.6 Å². The first-order valence-corrected chi connectivity index (χ1v) is 7.32. The van der Waals surface area contributed by atoms with Gasteiger partial charge in [-0.1, -0.05) is 6.07 Å². The predicted molar refractivity (Wildman–Crippen MR) is 78.7 cm³/mol. The van der Waals surface area contributed by atoms with Crippen molar-refractivity contribution in [2.24, 2.45) is 5.92 Å². The van der Waals surface area contributed by atoms with Crippen LogP contribution < -0.4 is 0 Å². The van der Waals surface area contributed by atoms with E-state index in [9.17, 15) is 14.8 Å². The lowest BCUT2D eigenvalue weighted by atomic mass is 9.82. The fourth-order valence-corrected chi connectivity index (χ4v) is 3.22. The van der Waals surface area contributed by atoms with Crippen LogP contribution in [0, 0.1) is 5.92 Å². The highest BCUT2D eigenvalue weighted by molar-refractivity contribution is 6.44. The molecule has 2 heterocycles. The van der Waals surface area contributed by atoms with Gasteiger partial charge in [-0.25, -0.2) is 4.98 Å². The molecule has 0 bridgehead atoms. The van der Waals surface area contributed by atoms with Crippen LogP contribution in [0.15, 0.2) is 35.1 Å². The first-order chi connectivity index (χ1) is 10.6. The zero-order valence-electron chi connectivity index (χ0n) is 11.8. The molecule has 4 rings (SSSR count). The van der Waals surface area contributed by atoms with Crippen LogP contribution in [0.4, 0.5) is 0 Å². The highest BCUT2D eigenvalue weighted by Crippen LogP contribution is 2.47. The fourth-order valence-electron chi connectivity index (χ4n) is 3.22. The van der Waals surface area contributed by atoms with Crippen LogP contribution in [0.5, 0.6) is 0 Å². The Bertz CT molecular complexity index is 716. The van der Waals surface area contributed by atoms with Crippen molar-refractivity contribution in [2.75, 3.05) is 6.54 Å². The van der Waals surface area contributed by atoms with Crippen molar-refractivity contribution in [3.8, 4) is 11.5 Å². The van der Waals surface area contributed by atoms with E-state index in [1.54, 1.807) is 11.1 Å². The van der Waals surface area contributed by atoms with E-state index < -0.39 is 7.12 Å². The smallest absolute Gasteiger partial charge is 0.445 e. The molecule has 2 unspecified atom stereocenters. The zero-order chi connectivity index (χ0) is 15.3. The van der Waals surface area contributed by atoms with Gasteiger partial charge in [0.25, 0.3) is 5.91 Å². The number of oxazole rings is 1. The summed E-state index contributed by atoms with van der Waals surface area (Å²) in [7, 11) is -1.28. The molecule has 0 spiro atoms. The number of rotatable bonds is 4. The minimum atomic E-state index is -1.28. The van der Waals surface area contributed by atoms with E-state index >= 15 is 0 Å². The standard InChI is InChI=1S/C15H15BN2O4/c19-15-11-3-1-2-10(14-17-4-5-22-14)12(11)8-18(15)7-9-6-13(9)16(20)21/h1-5,9,13,20-21H,6-8H2.